The zero-order valence-electron chi connectivity index (χ0n) is 11.4. The standard InChI is InChI=1S/C15H14N4O2/c1-10-7-13-14(16-5-6-19(13)18-10)17-9-11-3-2-4-12(8-11)15(20)21/h2-8H,9H2,1H3,(H,16,17)(H,20,21). The summed E-state index contributed by atoms with van der Waals surface area (Å²) in [5, 5.41) is 16.5. The van der Waals surface area contributed by atoms with Crippen LogP contribution in [0.4, 0.5) is 5.82 Å². The predicted molar refractivity (Wildman–Crippen MR) is 78.5 cm³/mol. The van der Waals surface area contributed by atoms with E-state index >= 15 is 0 Å². The van der Waals surface area contributed by atoms with Crippen molar-refractivity contribution in [3.8, 4) is 0 Å². The molecule has 106 valence electrons. The Morgan fingerprint density at radius 1 is 1.38 bits per heavy atom. The summed E-state index contributed by atoms with van der Waals surface area (Å²) in [6.07, 6.45) is 3.47. The molecule has 0 radical (unpaired) electrons. The third-order valence-electron chi connectivity index (χ3n) is 3.15. The van der Waals surface area contributed by atoms with Gasteiger partial charge in [0.2, 0.25) is 0 Å². The molecule has 0 fully saturated rings. The highest BCUT2D eigenvalue weighted by Crippen LogP contribution is 2.16. The van der Waals surface area contributed by atoms with Crippen molar-refractivity contribution in [1.82, 2.24) is 14.6 Å². The summed E-state index contributed by atoms with van der Waals surface area (Å²) >= 11 is 0. The van der Waals surface area contributed by atoms with Crippen LogP contribution in [0.5, 0.6) is 0 Å². The first-order chi connectivity index (χ1) is 10.1. The number of carboxylic acid groups (broad SMARTS) is 1. The molecular weight excluding hydrogens is 268 g/mol. The van der Waals surface area contributed by atoms with Crippen LogP contribution in [0.1, 0.15) is 21.6 Å². The molecule has 0 unspecified atom stereocenters. The van der Waals surface area contributed by atoms with Gasteiger partial charge in [-0.05, 0) is 30.7 Å². The molecule has 3 aromatic rings. The van der Waals surface area contributed by atoms with E-state index in [0.29, 0.717) is 6.54 Å². The lowest BCUT2D eigenvalue weighted by Gasteiger charge is -2.07. The summed E-state index contributed by atoms with van der Waals surface area (Å²) in [6.45, 7) is 2.42. The Morgan fingerprint density at radius 2 is 2.24 bits per heavy atom. The van der Waals surface area contributed by atoms with E-state index in [4.69, 9.17) is 5.11 Å². The molecule has 0 bridgehead atoms. The average Bonchev–Trinajstić information content (AvgIpc) is 2.86. The fourth-order valence-corrected chi connectivity index (χ4v) is 2.18. The van der Waals surface area contributed by atoms with Gasteiger partial charge in [0.05, 0.1) is 11.3 Å². The van der Waals surface area contributed by atoms with E-state index in [1.165, 1.54) is 0 Å². The van der Waals surface area contributed by atoms with Crippen LogP contribution in [0.15, 0.2) is 42.7 Å². The quantitative estimate of drug-likeness (QED) is 0.768. The maximum Gasteiger partial charge on any atom is 0.335 e. The first-order valence-corrected chi connectivity index (χ1v) is 6.50. The van der Waals surface area contributed by atoms with Gasteiger partial charge in [-0.3, -0.25) is 0 Å². The minimum absolute atomic E-state index is 0.278. The molecule has 1 aromatic carbocycles. The van der Waals surface area contributed by atoms with E-state index in [2.05, 4.69) is 15.4 Å². The van der Waals surface area contributed by atoms with Crippen molar-refractivity contribution in [2.45, 2.75) is 13.5 Å². The predicted octanol–water partition coefficient (Wildman–Crippen LogP) is 2.35. The fourth-order valence-electron chi connectivity index (χ4n) is 2.18. The molecule has 6 nitrogen and oxygen atoms in total. The zero-order chi connectivity index (χ0) is 14.8. The molecule has 21 heavy (non-hydrogen) atoms. The van der Waals surface area contributed by atoms with Crippen molar-refractivity contribution in [2.24, 2.45) is 0 Å². The molecule has 0 spiro atoms. The monoisotopic (exact) mass is 282 g/mol. The smallest absolute Gasteiger partial charge is 0.335 e. The van der Waals surface area contributed by atoms with E-state index in [1.807, 2.05) is 19.1 Å². The van der Waals surface area contributed by atoms with Crippen molar-refractivity contribution in [3.05, 3.63) is 59.5 Å². The summed E-state index contributed by atoms with van der Waals surface area (Å²) in [7, 11) is 0. The van der Waals surface area contributed by atoms with E-state index in [-0.39, 0.29) is 5.56 Å². The normalized spacial score (nSPS) is 10.7. The SMILES string of the molecule is Cc1cc2c(NCc3cccc(C(=O)O)c3)nccn2n1. The van der Waals surface area contributed by atoms with Crippen LogP contribution in [0.3, 0.4) is 0 Å². The third-order valence-corrected chi connectivity index (χ3v) is 3.15. The summed E-state index contributed by atoms with van der Waals surface area (Å²) in [6, 6.07) is 8.78. The highest BCUT2D eigenvalue weighted by Gasteiger charge is 2.06. The largest absolute Gasteiger partial charge is 0.478 e. The lowest BCUT2D eigenvalue weighted by Crippen LogP contribution is -2.05. The van der Waals surface area contributed by atoms with Crippen LogP contribution in [-0.2, 0) is 6.54 Å². The van der Waals surface area contributed by atoms with Crippen LogP contribution >= 0.6 is 0 Å². The molecule has 2 aromatic heterocycles. The maximum absolute atomic E-state index is 11.0. The number of aryl methyl sites for hydroxylation is 1. The van der Waals surface area contributed by atoms with Crippen molar-refractivity contribution in [2.75, 3.05) is 5.32 Å². The highest BCUT2D eigenvalue weighted by atomic mass is 16.4. The van der Waals surface area contributed by atoms with Crippen molar-refractivity contribution >= 4 is 17.3 Å². The van der Waals surface area contributed by atoms with Crippen LogP contribution in [0.25, 0.3) is 5.52 Å². The van der Waals surface area contributed by atoms with Gasteiger partial charge < -0.3 is 10.4 Å². The Labute approximate surface area is 121 Å². The summed E-state index contributed by atoms with van der Waals surface area (Å²) < 4.78 is 1.76. The number of carbonyl (C=O) groups is 1. The topological polar surface area (TPSA) is 79.5 Å². The number of nitrogens with zero attached hydrogens (tertiary/aromatic N) is 3. The minimum atomic E-state index is -0.927. The van der Waals surface area contributed by atoms with Crippen LogP contribution < -0.4 is 5.32 Å². The first-order valence-electron chi connectivity index (χ1n) is 6.50. The molecular formula is C15H14N4O2. The summed E-state index contributed by atoms with van der Waals surface area (Å²) in [5.41, 5.74) is 2.97. The molecule has 6 heteroatoms. The number of aromatic nitrogens is 3. The van der Waals surface area contributed by atoms with E-state index in [9.17, 15) is 4.79 Å². The number of anilines is 1. The van der Waals surface area contributed by atoms with E-state index < -0.39 is 5.97 Å². The van der Waals surface area contributed by atoms with Gasteiger partial charge in [0.25, 0.3) is 0 Å². The van der Waals surface area contributed by atoms with Gasteiger partial charge in [-0.1, -0.05) is 12.1 Å². The Bertz CT molecular complexity index is 810. The maximum atomic E-state index is 11.0. The summed E-state index contributed by atoms with van der Waals surface area (Å²) in [5.74, 6) is -0.206. The minimum Gasteiger partial charge on any atom is -0.478 e. The molecule has 0 aliphatic carbocycles. The number of aromatic carboxylic acids is 1. The van der Waals surface area contributed by atoms with Crippen molar-refractivity contribution < 1.29 is 9.90 Å². The number of hydrogen-bond acceptors (Lipinski definition) is 4. The lowest BCUT2D eigenvalue weighted by molar-refractivity contribution is 0.0697. The molecule has 3 rings (SSSR count). The van der Waals surface area contributed by atoms with Crippen molar-refractivity contribution in [3.63, 3.8) is 0 Å². The van der Waals surface area contributed by atoms with Crippen LogP contribution in [-0.4, -0.2) is 25.7 Å². The number of hydrogen-bond donors (Lipinski definition) is 2. The molecule has 0 saturated heterocycles. The second-order valence-corrected chi connectivity index (χ2v) is 4.75. The van der Waals surface area contributed by atoms with E-state index in [1.54, 1.807) is 35.1 Å². The number of nitrogens with one attached hydrogen (secondary N) is 1. The number of fused-ring (bicyclic) bond motifs is 1. The van der Waals surface area contributed by atoms with Gasteiger partial charge in [-0.15, -0.1) is 0 Å². The number of rotatable bonds is 4. The fraction of sp³-hybridized carbons (Fsp3) is 0.133. The van der Waals surface area contributed by atoms with Gasteiger partial charge in [0, 0.05) is 18.9 Å². The first kappa shape index (κ1) is 13.1. The highest BCUT2D eigenvalue weighted by molar-refractivity contribution is 5.87. The van der Waals surface area contributed by atoms with Crippen molar-refractivity contribution in [1.29, 1.82) is 0 Å². The lowest BCUT2D eigenvalue weighted by atomic mass is 10.1. The molecule has 0 aliphatic heterocycles. The van der Waals surface area contributed by atoms with Gasteiger partial charge in [-0.2, -0.15) is 5.10 Å². The van der Waals surface area contributed by atoms with Gasteiger partial charge >= 0.3 is 5.97 Å². The molecule has 2 N–H and O–H groups in total. The van der Waals surface area contributed by atoms with Gasteiger partial charge in [0.1, 0.15) is 5.52 Å². The van der Waals surface area contributed by atoms with Crippen LogP contribution in [0.2, 0.25) is 0 Å². The average molecular weight is 282 g/mol. The third kappa shape index (κ3) is 2.69. The second kappa shape index (κ2) is 5.24. The molecule has 0 saturated carbocycles. The van der Waals surface area contributed by atoms with Gasteiger partial charge in [-0.25, -0.2) is 14.3 Å². The Morgan fingerprint density at radius 3 is 3.05 bits per heavy atom. The summed E-state index contributed by atoms with van der Waals surface area (Å²) in [4.78, 5) is 15.3. The number of benzene rings is 1. The van der Waals surface area contributed by atoms with E-state index in [0.717, 1.165) is 22.6 Å². The Balaban J connectivity index is 1.83. The molecule has 2 heterocycles. The molecule has 0 aliphatic rings. The molecule has 0 amide bonds. The van der Waals surface area contributed by atoms with Gasteiger partial charge in [0.15, 0.2) is 5.82 Å². The zero-order valence-corrected chi connectivity index (χ0v) is 11.4. The Kier molecular flexibility index (Phi) is 3.27. The second-order valence-electron chi connectivity index (χ2n) is 4.75. The Hall–Kier alpha value is -2.89. The number of carboxylic acids is 1. The molecule has 0 atom stereocenters. The van der Waals surface area contributed by atoms with Crippen LogP contribution in [0, 0.1) is 6.92 Å².